The van der Waals surface area contributed by atoms with Gasteiger partial charge in [-0.15, -0.1) is 0 Å². The summed E-state index contributed by atoms with van der Waals surface area (Å²) < 4.78 is 0. The van der Waals surface area contributed by atoms with Crippen LogP contribution in [-0.4, -0.2) is 19.9 Å². The van der Waals surface area contributed by atoms with Gasteiger partial charge in [-0.1, -0.05) is 343 Å². The molecule has 0 fully saturated rings. The average molecular weight is 1350 g/mol. The topological polar surface area (TPSA) is 51.6 Å². The van der Waals surface area contributed by atoms with Crippen molar-refractivity contribution in [2.24, 2.45) is 0 Å². The highest BCUT2D eigenvalue weighted by Crippen LogP contribution is 2.57. The Bertz CT molecular complexity index is 5980. The monoisotopic (exact) mass is 1350 g/mol. The summed E-state index contributed by atoms with van der Waals surface area (Å²) in [5, 5.41) is 10.6. The van der Waals surface area contributed by atoms with Crippen LogP contribution in [0, 0.1) is 0 Å². The molecule has 2 aliphatic carbocycles. The highest BCUT2D eigenvalue weighted by atomic mass is 14.9. The van der Waals surface area contributed by atoms with Gasteiger partial charge < -0.3 is 0 Å². The lowest BCUT2D eigenvalue weighted by Gasteiger charge is -2.24. The Morgan fingerprint density at radius 2 is 0.425 bits per heavy atom. The van der Waals surface area contributed by atoms with Gasteiger partial charge in [0.25, 0.3) is 0 Å². The van der Waals surface area contributed by atoms with E-state index in [0.717, 1.165) is 78.7 Å². The maximum atomic E-state index is 5.09. The molecule has 16 aromatic carbocycles. The van der Waals surface area contributed by atoms with E-state index in [2.05, 4.69) is 355 Å². The molecule has 0 bridgehead atoms. The fraction of sp³-hybridized carbons (Fsp3) is 0.0588. The van der Waals surface area contributed by atoms with Gasteiger partial charge >= 0.3 is 0 Å². The highest BCUT2D eigenvalue weighted by molar-refractivity contribution is 6.20. The van der Waals surface area contributed by atoms with Crippen LogP contribution >= 0.6 is 0 Å². The van der Waals surface area contributed by atoms with E-state index in [-0.39, 0.29) is 10.8 Å². The van der Waals surface area contributed by atoms with Crippen LogP contribution in [0.15, 0.2) is 364 Å². The van der Waals surface area contributed by atoms with Crippen molar-refractivity contribution in [2.45, 2.75) is 38.5 Å². The summed E-state index contributed by atoms with van der Waals surface area (Å²) in [6.07, 6.45) is 0. The first-order valence-corrected chi connectivity index (χ1v) is 36.7. The number of nitrogens with zero attached hydrogens (tertiary/aromatic N) is 4. The lowest BCUT2D eigenvalue weighted by atomic mass is 9.78. The second kappa shape index (κ2) is 25.9. The van der Waals surface area contributed by atoms with Crippen molar-refractivity contribution < 1.29 is 0 Å². The lowest BCUT2D eigenvalue weighted by Crippen LogP contribution is -2.15. The van der Waals surface area contributed by atoms with Crippen LogP contribution in [0.25, 0.3) is 178 Å². The van der Waals surface area contributed by atoms with Crippen molar-refractivity contribution in [3.63, 3.8) is 0 Å². The molecule has 0 aliphatic heterocycles. The molecule has 0 amide bonds. The first kappa shape index (κ1) is 63.6. The van der Waals surface area contributed by atoms with Gasteiger partial charge in [-0.2, -0.15) is 0 Å². The Morgan fingerprint density at radius 3 is 0.792 bits per heavy atom. The predicted molar refractivity (Wildman–Crippen MR) is 444 cm³/mol. The number of benzene rings is 16. The number of hydrogen-bond acceptors (Lipinski definition) is 4. The molecule has 0 spiro atoms. The van der Waals surface area contributed by atoms with E-state index >= 15 is 0 Å². The Labute approximate surface area is 618 Å². The third-order valence-electron chi connectivity index (χ3n) is 22.1. The lowest BCUT2D eigenvalue weighted by molar-refractivity contribution is 0.666. The molecule has 4 heteroatoms. The molecule has 500 valence electrons. The number of hydrogen-bond donors (Lipinski definition) is 0. The molecule has 0 N–H and O–H groups in total. The molecule has 2 heterocycles. The van der Waals surface area contributed by atoms with Gasteiger partial charge in [0.15, 0.2) is 11.6 Å². The molecule has 20 rings (SSSR count). The van der Waals surface area contributed by atoms with E-state index in [1.165, 1.54) is 115 Å². The average Bonchev–Trinajstić information content (AvgIpc) is 1.54. The first-order valence-electron chi connectivity index (χ1n) is 36.7. The molecule has 0 radical (unpaired) electrons. The molecule has 18 aromatic rings. The van der Waals surface area contributed by atoms with E-state index in [9.17, 15) is 0 Å². The Morgan fingerprint density at radius 1 is 0.179 bits per heavy atom. The number of aromatic nitrogens is 4. The normalized spacial score (nSPS) is 12.9. The Kier molecular flexibility index (Phi) is 15.5. The number of fused-ring (bicyclic) bond motifs is 16. The van der Waals surface area contributed by atoms with Crippen LogP contribution in [0.2, 0.25) is 0 Å². The molecular formula is C102H72N4. The second-order valence-corrected chi connectivity index (χ2v) is 29.2. The molecule has 2 aliphatic rings. The molecule has 0 atom stereocenters. The van der Waals surface area contributed by atoms with E-state index in [0.29, 0.717) is 5.82 Å². The van der Waals surface area contributed by atoms with Crippen molar-refractivity contribution in [3.05, 3.63) is 386 Å². The van der Waals surface area contributed by atoms with Crippen molar-refractivity contribution >= 4 is 43.1 Å². The zero-order valence-electron chi connectivity index (χ0n) is 59.4. The van der Waals surface area contributed by atoms with Crippen LogP contribution in [0.5, 0.6) is 0 Å². The maximum Gasteiger partial charge on any atom is 0.160 e. The maximum absolute atomic E-state index is 5.09. The van der Waals surface area contributed by atoms with E-state index < -0.39 is 0 Å². The van der Waals surface area contributed by atoms with Gasteiger partial charge in [0.2, 0.25) is 0 Å². The summed E-state index contributed by atoms with van der Waals surface area (Å²) >= 11 is 0. The van der Waals surface area contributed by atoms with Gasteiger partial charge in [-0.25, -0.2) is 19.9 Å². The SMILES string of the molecule is CC1(C)c2cc(-c3cccc(-c4cccc(-c5cc(-c6ccccc6)nc(-c6ccccc6)n5)c4)c3)ccc2-c2c1c1ccccc1c1ccccc21.CC1(C)c2cc(-c3cccc(-c4cccc(-c5nc(-c6ccccc6)cc(-c6ccccc6)n5)c4)c3)ccc2-c2c1c1ccccc1c1ccccc21. The second-order valence-electron chi connectivity index (χ2n) is 29.2. The molecule has 0 unspecified atom stereocenters. The zero-order chi connectivity index (χ0) is 71.0. The Hall–Kier alpha value is -13.3. The fourth-order valence-corrected chi connectivity index (χ4v) is 16.9. The standard InChI is InChI=1S/2C51H36N2/c1-51(2)45-31-38(27-28-44(45)48-42-25-11-9-23-40(42)41-24-10-12-26-43(41)49(48)51)36-20-13-19-35(29-36)37-21-14-22-39(30-37)47-32-46(33-15-5-3-6-16-33)52-50(53-47)34-17-7-4-8-18-34;1-51(2)45-31-38(27-28-44(45)48-42-25-11-9-23-40(42)41-24-10-12-26-43(41)49(48)51)36-20-13-19-35(29-36)37-21-14-22-39(30-37)50-52-46(33-15-5-3-6-16-33)32-47(53-50)34-17-7-4-8-18-34/h2*3-32H,1-2H3. The molecular weight excluding hydrogens is 1280 g/mol. The summed E-state index contributed by atoms with van der Waals surface area (Å²) in [4.78, 5) is 20.3. The van der Waals surface area contributed by atoms with Gasteiger partial charge in [0.05, 0.1) is 22.8 Å². The summed E-state index contributed by atoms with van der Waals surface area (Å²) in [7, 11) is 0. The molecule has 0 saturated heterocycles. The van der Waals surface area contributed by atoms with Crippen molar-refractivity contribution in [2.75, 3.05) is 0 Å². The van der Waals surface area contributed by atoms with Crippen molar-refractivity contribution in [3.8, 4) is 135 Å². The summed E-state index contributed by atoms with van der Waals surface area (Å²) in [6, 6.07) is 130. The van der Waals surface area contributed by atoms with Crippen LogP contribution in [0.1, 0.15) is 49.9 Å². The minimum atomic E-state index is -0.150. The smallest absolute Gasteiger partial charge is 0.160 e. The van der Waals surface area contributed by atoms with Gasteiger partial charge in [-0.05, 0) is 181 Å². The summed E-state index contributed by atoms with van der Waals surface area (Å²) in [6.45, 7) is 9.57. The predicted octanol–water partition coefficient (Wildman–Crippen LogP) is 26.8. The first-order chi connectivity index (χ1) is 52.1. The largest absolute Gasteiger partial charge is 0.228 e. The third-order valence-corrected chi connectivity index (χ3v) is 22.1. The Balaban J connectivity index is 0.000000145. The van der Waals surface area contributed by atoms with Gasteiger partial charge in [0, 0.05) is 44.2 Å². The quantitative estimate of drug-likeness (QED) is 0.128. The summed E-state index contributed by atoms with van der Waals surface area (Å²) in [5.41, 5.74) is 30.1. The van der Waals surface area contributed by atoms with Gasteiger partial charge in [0.1, 0.15) is 0 Å². The minimum Gasteiger partial charge on any atom is -0.228 e. The summed E-state index contributed by atoms with van der Waals surface area (Å²) in [5.74, 6) is 1.43. The van der Waals surface area contributed by atoms with E-state index in [1.54, 1.807) is 0 Å². The number of rotatable bonds is 10. The molecule has 4 nitrogen and oxygen atoms in total. The van der Waals surface area contributed by atoms with E-state index in [1.807, 2.05) is 36.4 Å². The zero-order valence-corrected chi connectivity index (χ0v) is 59.4. The highest BCUT2D eigenvalue weighted by Gasteiger charge is 2.40. The van der Waals surface area contributed by atoms with Crippen molar-refractivity contribution in [1.82, 2.24) is 19.9 Å². The van der Waals surface area contributed by atoms with Crippen molar-refractivity contribution in [1.29, 1.82) is 0 Å². The van der Waals surface area contributed by atoms with Crippen LogP contribution in [0.3, 0.4) is 0 Å². The van der Waals surface area contributed by atoms with Crippen LogP contribution in [0.4, 0.5) is 0 Å². The molecule has 0 saturated carbocycles. The minimum absolute atomic E-state index is 0.148. The molecule has 106 heavy (non-hydrogen) atoms. The molecule has 2 aromatic heterocycles. The third kappa shape index (κ3) is 11.1. The van der Waals surface area contributed by atoms with E-state index in [4.69, 9.17) is 19.9 Å². The van der Waals surface area contributed by atoms with Gasteiger partial charge in [-0.3, -0.25) is 0 Å². The van der Waals surface area contributed by atoms with Crippen LogP contribution in [-0.2, 0) is 10.8 Å². The fourth-order valence-electron chi connectivity index (χ4n) is 16.9. The van der Waals surface area contributed by atoms with Crippen LogP contribution < -0.4 is 0 Å².